The van der Waals surface area contributed by atoms with Crippen molar-refractivity contribution in [3.8, 4) is 0 Å². The monoisotopic (exact) mass is 332 g/mol. The highest BCUT2D eigenvalue weighted by molar-refractivity contribution is 5.78. The molecule has 0 saturated heterocycles. The smallest absolute Gasteiger partial charge is 0.234 e. The molecule has 0 aliphatic heterocycles. The van der Waals surface area contributed by atoms with Crippen molar-refractivity contribution >= 4 is 5.91 Å². The van der Waals surface area contributed by atoms with E-state index < -0.39 is 0 Å². The quantitative estimate of drug-likeness (QED) is 0.814. The molecule has 0 spiro atoms. The van der Waals surface area contributed by atoms with Gasteiger partial charge in [0.2, 0.25) is 5.91 Å². The predicted octanol–water partition coefficient (Wildman–Crippen LogP) is 3.57. The van der Waals surface area contributed by atoms with Crippen LogP contribution in [0.3, 0.4) is 0 Å². The van der Waals surface area contributed by atoms with Gasteiger partial charge in [-0.25, -0.2) is 8.78 Å². The fourth-order valence-corrected chi connectivity index (χ4v) is 2.51. The maximum Gasteiger partial charge on any atom is 0.234 e. The molecule has 2 aromatic carbocycles. The lowest BCUT2D eigenvalue weighted by Gasteiger charge is -2.22. The van der Waals surface area contributed by atoms with Crippen LogP contribution >= 0.6 is 0 Å². The first kappa shape index (κ1) is 18.1. The number of benzene rings is 2. The first-order chi connectivity index (χ1) is 11.5. The third kappa shape index (κ3) is 5.13. The SMILES string of the molecule is CC(C)C(NCC(=O)NCc1ccccc1F)c1ccc(F)cc1. The molecule has 0 fully saturated rings. The second kappa shape index (κ2) is 8.55. The van der Waals surface area contributed by atoms with E-state index in [1.165, 1.54) is 18.2 Å². The van der Waals surface area contributed by atoms with Crippen molar-refractivity contribution in [3.05, 3.63) is 71.3 Å². The van der Waals surface area contributed by atoms with E-state index >= 15 is 0 Å². The van der Waals surface area contributed by atoms with E-state index in [0.717, 1.165) is 5.56 Å². The number of hydrogen-bond donors (Lipinski definition) is 2. The maximum atomic E-state index is 13.5. The molecule has 2 rings (SSSR count). The zero-order chi connectivity index (χ0) is 17.5. The number of carbonyl (C=O) groups excluding carboxylic acids is 1. The van der Waals surface area contributed by atoms with Crippen LogP contribution in [0.4, 0.5) is 8.78 Å². The molecule has 0 aliphatic carbocycles. The summed E-state index contributed by atoms with van der Waals surface area (Å²) in [6.45, 7) is 4.31. The topological polar surface area (TPSA) is 41.1 Å². The summed E-state index contributed by atoms with van der Waals surface area (Å²) in [6, 6.07) is 12.5. The van der Waals surface area contributed by atoms with E-state index in [2.05, 4.69) is 10.6 Å². The molecule has 128 valence electrons. The molecule has 0 aliphatic rings. The van der Waals surface area contributed by atoms with Gasteiger partial charge in [-0.05, 0) is 29.7 Å². The number of nitrogens with one attached hydrogen (secondary N) is 2. The van der Waals surface area contributed by atoms with Gasteiger partial charge in [0.1, 0.15) is 11.6 Å². The van der Waals surface area contributed by atoms with Crippen molar-refractivity contribution in [2.45, 2.75) is 26.4 Å². The predicted molar refractivity (Wildman–Crippen MR) is 90.2 cm³/mol. The minimum atomic E-state index is -0.336. The Labute approximate surface area is 141 Å². The van der Waals surface area contributed by atoms with E-state index in [1.807, 2.05) is 13.8 Å². The highest BCUT2D eigenvalue weighted by atomic mass is 19.1. The van der Waals surface area contributed by atoms with Crippen LogP contribution in [-0.2, 0) is 11.3 Å². The molecule has 0 aromatic heterocycles. The molecule has 3 nitrogen and oxygen atoms in total. The van der Waals surface area contributed by atoms with Gasteiger partial charge in [0.25, 0.3) is 0 Å². The minimum absolute atomic E-state index is 0.0650. The first-order valence-electron chi connectivity index (χ1n) is 7.96. The number of rotatable bonds is 7. The fraction of sp³-hybridized carbons (Fsp3) is 0.316. The Kier molecular flexibility index (Phi) is 6.44. The van der Waals surface area contributed by atoms with Crippen molar-refractivity contribution in [3.63, 3.8) is 0 Å². The lowest BCUT2D eigenvalue weighted by atomic mass is 9.96. The molecule has 1 atom stereocenters. The molecule has 2 aromatic rings. The molecule has 0 heterocycles. The molecular weight excluding hydrogens is 310 g/mol. The van der Waals surface area contributed by atoms with Crippen LogP contribution in [0, 0.1) is 17.6 Å². The lowest BCUT2D eigenvalue weighted by Crippen LogP contribution is -2.37. The van der Waals surface area contributed by atoms with Gasteiger partial charge in [-0.1, -0.05) is 44.2 Å². The van der Waals surface area contributed by atoms with Crippen LogP contribution in [0.25, 0.3) is 0 Å². The van der Waals surface area contributed by atoms with Crippen molar-refractivity contribution in [1.29, 1.82) is 0 Å². The van der Waals surface area contributed by atoms with Gasteiger partial charge in [0.15, 0.2) is 0 Å². The molecule has 24 heavy (non-hydrogen) atoms. The van der Waals surface area contributed by atoms with Crippen molar-refractivity contribution < 1.29 is 13.6 Å². The number of carbonyl (C=O) groups is 1. The Balaban J connectivity index is 1.88. The largest absolute Gasteiger partial charge is 0.351 e. The average Bonchev–Trinajstić information content (AvgIpc) is 2.55. The second-order valence-electron chi connectivity index (χ2n) is 6.02. The van der Waals surface area contributed by atoms with E-state index in [1.54, 1.807) is 30.3 Å². The van der Waals surface area contributed by atoms with Crippen molar-refractivity contribution in [1.82, 2.24) is 10.6 Å². The lowest BCUT2D eigenvalue weighted by molar-refractivity contribution is -0.120. The third-order valence-corrected chi connectivity index (χ3v) is 3.81. The molecule has 1 unspecified atom stereocenters. The zero-order valence-corrected chi connectivity index (χ0v) is 13.9. The summed E-state index contributed by atoms with van der Waals surface area (Å²) in [5.74, 6) is -0.609. The summed E-state index contributed by atoms with van der Waals surface area (Å²) in [5, 5.41) is 5.87. The molecule has 5 heteroatoms. The van der Waals surface area contributed by atoms with Gasteiger partial charge in [-0.2, -0.15) is 0 Å². The first-order valence-corrected chi connectivity index (χ1v) is 7.96. The van der Waals surface area contributed by atoms with E-state index in [4.69, 9.17) is 0 Å². The zero-order valence-electron chi connectivity index (χ0n) is 13.9. The standard InChI is InChI=1S/C19H22F2N2O/c1-13(2)19(14-7-9-16(20)10-8-14)23-12-18(24)22-11-15-5-3-4-6-17(15)21/h3-10,13,19,23H,11-12H2,1-2H3,(H,22,24). The Morgan fingerprint density at radius 2 is 1.71 bits per heavy atom. The molecule has 0 radical (unpaired) electrons. The van der Waals surface area contributed by atoms with E-state index in [9.17, 15) is 13.6 Å². The van der Waals surface area contributed by atoms with Gasteiger partial charge in [0, 0.05) is 18.2 Å². The Morgan fingerprint density at radius 1 is 1.04 bits per heavy atom. The molecule has 2 N–H and O–H groups in total. The van der Waals surface area contributed by atoms with Gasteiger partial charge in [-0.15, -0.1) is 0 Å². The van der Waals surface area contributed by atoms with Crippen LogP contribution in [-0.4, -0.2) is 12.5 Å². The Hall–Kier alpha value is -2.27. The third-order valence-electron chi connectivity index (χ3n) is 3.81. The Bertz CT molecular complexity index is 671. The summed E-state index contributed by atoms with van der Waals surface area (Å²) in [5.41, 5.74) is 1.37. The minimum Gasteiger partial charge on any atom is -0.351 e. The van der Waals surface area contributed by atoms with Gasteiger partial charge < -0.3 is 10.6 Å². The van der Waals surface area contributed by atoms with E-state index in [0.29, 0.717) is 5.56 Å². The molecule has 0 bridgehead atoms. The number of amides is 1. The van der Waals surface area contributed by atoms with Crippen LogP contribution in [0.1, 0.15) is 31.0 Å². The fourth-order valence-electron chi connectivity index (χ4n) is 2.51. The summed E-state index contributed by atoms with van der Waals surface area (Å²) in [6.07, 6.45) is 0. The summed E-state index contributed by atoms with van der Waals surface area (Å²) in [7, 11) is 0. The summed E-state index contributed by atoms with van der Waals surface area (Å²) in [4.78, 5) is 12.0. The summed E-state index contributed by atoms with van der Waals surface area (Å²) < 4.78 is 26.6. The second-order valence-corrected chi connectivity index (χ2v) is 6.02. The Morgan fingerprint density at radius 3 is 2.33 bits per heavy atom. The van der Waals surface area contributed by atoms with Gasteiger partial charge in [0.05, 0.1) is 6.54 Å². The van der Waals surface area contributed by atoms with E-state index in [-0.39, 0.29) is 42.6 Å². The van der Waals surface area contributed by atoms with Gasteiger partial charge in [-0.3, -0.25) is 4.79 Å². The van der Waals surface area contributed by atoms with Crippen molar-refractivity contribution in [2.75, 3.05) is 6.54 Å². The van der Waals surface area contributed by atoms with Gasteiger partial charge >= 0.3 is 0 Å². The molecule has 1 amide bonds. The van der Waals surface area contributed by atoms with Crippen LogP contribution in [0.15, 0.2) is 48.5 Å². The van der Waals surface area contributed by atoms with Crippen LogP contribution < -0.4 is 10.6 Å². The number of hydrogen-bond acceptors (Lipinski definition) is 2. The highest BCUT2D eigenvalue weighted by Gasteiger charge is 2.16. The average molecular weight is 332 g/mol. The summed E-state index contributed by atoms with van der Waals surface area (Å²) >= 11 is 0. The van der Waals surface area contributed by atoms with Crippen LogP contribution in [0.5, 0.6) is 0 Å². The normalized spacial score (nSPS) is 12.2. The number of halogens is 2. The molecule has 0 saturated carbocycles. The van der Waals surface area contributed by atoms with Crippen LogP contribution in [0.2, 0.25) is 0 Å². The highest BCUT2D eigenvalue weighted by Crippen LogP contribution is 2.21. The molecular formula is C19H22F2N2O. The maximum absolute atomic E-state index is 13.5. The van der Waals surface area contributed by atoms with Crippen molar-refractivity contribution in [2.24, 2.45) is 5.92 Å².